The van der Waals surface area contributed by atoms with E-state index in [9.17, 15) is 4.79 Å². The summed E-state index contributed by atoms with van der Waals surface area (Å²) in [5, 5.41) is 0. The zero-order valence-corrected chi connectivity index (χ0v) is 11.8. The molecule has 1 aromatic rings. The number of pyridine rings is 1. The Hall–Kier alpha value is -1.62. The van der Waals surface area contributed by atoms with Gasteiger partial charge in [-0.1, -0.05) is 6.07 Å². The van der Waals surface area contributed by atoms with Gasteiger partial charge in [0.05, 0.1) is 11.7 Å². The van der Waals surface area contributed by atoms with E-state index in [1.165, 1.54) is 0 Å². The molecule has 5 heteroatoms. The number of rotatable bonds is 4. The SMILES string of the molecule is CN1C(=O)N(CCC(C)(C)N)CC1c1ccccn1. The van der Waals surface area contributed by atoms with Crippen LogP contribution in [-0.2, 0) is 0 Å². The molecule has 1 atom stereocenters. The maximum absolute atomic E-state index is 12.2. The molecule has 1 aromatic heterocycles. The predicted octanol–water partition coefficient (Wildman–Crippen LogP) is 1.62. The number of likely N-dealkylation sites (N-methyl/N-ethyl adjacent to an activating group) is 1. The van der Waals surface area contributed by atoms with Gasteiger partial charge in [-0.2, -0.15) is 0 Å². The summed E-state index contributed by atoms with van der Waals surface area (Å²) in [6.07, 6.45) is 2.56. The molecule has 0 aromatic carbocycles. The molecule has 2 heterocycles. The van der Waals surface area contributed by atoms with Crippen LogP contribution < -0.4 is 5.73 Å². The molecule has 1 aliphatic heterocycles. The van der Waals surface area contributed by atoms with Crippen molar-refractivity contribution in [2.75, 3.05) is 20.1 Å². The first-order valence-corrected chi connectivity index (χ1v) is 6.60. The van der Waals surface area contributed by atoms with E-state index in [1.54, 1.807) is 11.1 Å². The molecule has 0 radical (unpaired) electrons. The lowest BCUT2D eigenvalue weighted by Gasteiger charge is -2.22. The molecular weight excluding hydrogens is 240 g/mol. The number of amides is 2. The van der Waals surface area contributed by atoms with Crippen molar-refractivity contribution in [1.29, 1.82) is 0 Å². The molecule has 0 aliphatic carbocycles. The molecule has 2 N–H and O–H groups in total. The third-order valence-electron chi connectivity index (χ3n) is 3.49. The number of carbonyl (C=O) groups excluding carboxylic acids is 1. The summed E-state index contributed by atoms with van der Waals surface area (Å²) in [6, 6.07) is 5.89. The van der Waals surface area contributed by atoms with Gasteiger partial charge in [-0.25, -0.2) is 4.79 Å². The number of nitrogens with zero attached hydrogens (tertiary/aromatic N) is 3. The van der Waals surface area contributed by atoms with Gasteiger partial charge in [-0.15, -0.1) is 0 Å². The molecule has 1 saturated heterocycles. The van der Waals surface area contributed by atoms with E-state index in [1.807, 2.05) is 44.0 Å². The molecule has 0 saturated carbocycles. The average Bonchev–Trinajstić information content (AvgIpc) is 2.64. The van der Waals surface area contributed by atoms with Crippen LogP contribution in [-0.4, -0.2) is 46.5 Å². The van der Waals surface area contributed by atoms with Crippen LogP contribution >= 0.6 is 0 Å². The Morgan fingerprint density at radius 2 is 2.21 bits per heavy atom. The number of nitrogens with two attached hydrogens (primary N) is 1. The smallest absolute Gasteiger partial charge is 0.320 e. The minimum Gasteiger partial charge on any atom is -0.325 e. The molecule has 2 rings (SSSR count). The summed E-state index contributed by atoms with van der Waals surface area (Å²) in [5.74, 6) is 0. The number of urea groups is 1. The Morgan fingerprint density at radius 3 is 2.79 bits per heavy atom. The van der Waals surface area contributed by atoms with E-state index in [4.69, 9.17) is 5.73 Å². The normalized spacial score (nSPS) is 20.2. The summed E-state index contributed by atoms with van der Waals surface area (Å²) in [6.45, 7) is 5.33. The van der Waals surface area contributed by atoms with Crippen LogP contribution in [0.3, 0.4) is 0 Å². The molecule has 1 fully saturated rings. The zero-order valence-electron chi connectivity index (χ0n) is 11.8. The lowest BCUT2D eigenvalue weighted by atomic mass is 10.0. The van der Waals surface area contributed by atoms with Gasteiger partial charge in [0.25, 0.3) is 0 Å². The van der Waals surface area contributed by atoms with Gasteiger partial charge in [0, 0.05) is 31.9 Å². The fraction of sp³-hybridized carbons (Fsp3) is 0.571. The highest BCUT2D eigenvalue weighted by Crippen LogP contribution is 2.27. The second-order valence-corrected chi connectivity index (χ2v) is 5.85. The summed E-state index contributed by atoms with van der Waals surface area (Å²) < 4.78 is 0. The van der Waals surface area contributed by atoms with Crippen LogP contribution in [0.5, 0.6) is 0 Å². The van der Waals surface area contributed by atoms with Crippen LogP contribution in [0.2, 0.25) is 0 Å². The van der Waals surface area contributed by atoms with Crippen molar-refractivity contribution in [1.82, 2.24) is 14.8 Å². The summed E-state index contributed by atoms with van der Waals surface area (Å²) in [7, 11) is 1.83. The summed E-state index contributed by atoms with van der Waals surface area (Å²) >= 11 is 0. The molecule has 2 amide bonds. The van der Waals surface area contributed by atoms with Crippen molar-refractivity contribution in [2.45, 2.75) is 31.8 Å². The Bertz CT molecular complexity index is 441. The first-order chi connectivity index (χ1) is 8.88. The minimum absolute atomic E-state index is 0.0367. The van der Waals surface area contributed by atoms with Crippen molar-refractivity contribution in [2.24, 2.45) is 5.73 Å². The van der Waals surface area contributed by atoms with Crippen LogP contribution in [0, 0.1) is 0 Å². The lowest BCUT2D eigenvalue weighted by molar-refractivity contribution is 0.192. The topological polar surface area (TPSA) is 62.5 Å². The zero-order chi connectivity index (χ0) is 14.0. The van der Waals surface area contributed by atoms with E-state index in [2.05, 4.69) is 4.98 Å². The molecule has 1 aliphatic rings. The van der Waals surface area contributed by atoms with E-state index >= 15 is 0 Å². The maximum atomic E-state index is 12.2. The average molecular weight is 262 g/mol. The van der Waals surface area contributed by atoms with E-state index in [0.717, 1.165) is 12.1 Å². The molecule has 1 unspecified atom stereocenters. The van der Waals surface area contributed by atoms with Crippen molar-refractivity contribution >= 4 is 6.03 Å². The third-order valence-corrected chi connectivity index (χ3v) is 3.49. The minimum atomic E-state index is -0.248. The van der Waals surface area contributed by atoms with Crippen LogP contribution in [0.25, 0.3) is 0 Å². The van der Waals surface area contributed by atoms with Crippen molar-refractivity contribution < 1.29 is 4.79 Å². The largest absolute Gasteiger partial charge is 0.325 e. The first-order valence-electron chi connectivity index (χ1n) is 6.60. The second kappa shape index (κ2) is 5.17. The van der Waals surface area contributed by atoms with Crippen LogP contribution in [0.15, 0.2) is 24.4 Å². The van der Waals surface area contributed by atoms with Crippen LogP contribution in [0.1, 0.15) is 32.0 Å². The van der Waals surface area contributed by atoms with Crippen molar-refractivity contribution in [3.63, 3.8) is 0 Å². The van der Waals surface area contributed by atoms with Gasteiger partial charge in [-0.05, 0) is 32.4 Å². The van der Waals surface area contributed by atoms with Crippen molar-refractivity contribution in [3.8, 4) is 0 Å². The number of hydrogen-bond acceptors (Lipinski definition) is 3. The van der Waals surface area contributed by atoms with Gasteiger partial charge >= 0.3 is 6.03 Å². The quantitative estimate of drug-likeness (QED) is 0.896. The van der Waals surface area contributed by atoms with E-state index in [0.29, 0.717) is 13.1 Å². The summed E-state index contributed by atoms with van der Waals surface area (Å²) in [4.78, 5) is 20.1. The number of carbonyl (C=O) groups is 1. The Labute approximate surface area is 114 Å². The van der Waals surface area contributed by atoms with Gasteiger partial charge < -0.3 is 15.5 Å². The molecule has 5 nitrogen and oxygen atoms in total. The number of aromatic nitrogens is 1. The third kappa shape index (κ3) is 3.23. The predicted molar refractivity (Wildman–Crippen MR) is 74.6 cm³/mol. The van der Waals surface area contributed by atoms with Gasteiger partial charge in [0.2, 0.25) is 0 Å². The van der Waals surface area contributed by atoms with Gasteiger partial charge in [0.15, 0.2) is 0 Å². The molecule has 19 heavy (non-hydrogen) atoms. The molecule has 0 spiro atoms. The Balaban J connectivity index is 2.05. The summed E-state index contributed by atoms with van der Waals surface area (Å²) in [5.41, 5.74) is 6.67. The molecular formula is C14H22N4O. The van der Waals surface area contributed by atoms with Crippen LogP contribution in [0.4, 0.5) is 4.79 Å². The van der Waals surface area contributed by atoms with Gasteiger partial charge in [0.1, 0.15) is 0 Å². The van der Waals surface area contributed by atoms with E-state index < -0.39 is 0 Å². The number of hydrogen-bond donors (Lipinski definition) is 1. The highest BCUT2D eigenvalue weighted by atomic mass is 16.2. The maximum Gasteiger partial charge on any atom is 0.320 e. The fourth-order valence-corrected chi connectivity index (χ4v) is 2.24. The Morgan fingerprint density at radius 1 is 1.47 bits per heavy atom. The van der Waals surface area contributed by atoms with Gasteiger partial charge in [-0.3, -0.25) is 4.98 Å². The second-order valence-electron chi connectivity index (χ2n) is 5.85. The molecule has 0 bridgehead atoms. The highest BCUT2D eigenvalue weighted by Gasteiger charge is 2.36. The fourth-order valence-electron chi connectivity index (χ4n) is 2.24. The van der Waals surface area contributed by atoms with E-state index in [-0.39, 0.29) is 17.6 Å². The first kappa shape index (κ1) is 13.8. The Kier molecular flexibility index (Phi) is 3.75. The lowest BCUT2D eigenvalue weighted by Crippen LogP contribution is -2.38. The van der Waals surface area contributed by atoms with Crippen molar-refractivity contribution in [3.05, 3.63) is 30.1 Å². The highest BCUT2D eigenvalue weighted by molar-refractivity contribution is 5.77. The monoisotopic (exact) mass is 262 g/mol. The standard InChI is InChI=1S/C14H22N4O/c1-14(2,15)7-9-18-10-12(17(3)13(18)19)11-6-4-5-8-16-11/h4-6,8,12H,7,9-10,15H2,1-3H3. The molecule has 104 valence electrons.